The lowest BCUT2D eigenvalue weighted by molar-refractivity contribution is -0.131. The number of hydrogen-bond donors (Lipinski definition) is 2. The van der Waals surface area contributed by atoms with Crippen molar-refractivity contribution in [3.63, 3.8) is 0 Å². The Morgan fingerprint density at radius 1 is 1.35 bits per heavy atom. The van der Waals surface area contributed by atoms with Crippen molar-refractivity contribution in [1.82, 2.24) is 10.3 Å². The fourth-order valence-corrected chi connectivity index (χ4v) is 1.55. The molecule has 6 heteroatoms. The zero-order chi connectivity index (χ0) is 12.5. The predicted molar refractivity (Wildman–Crippen MR) is 59.9 cm³/mol. The maximum absolute atomic E-state index is 11.7. The molecule has 1 aromatic carbocycles. The van der Waals surface area contributed by atoms with Gasteiger partial charge in [-0.25, -0.2) is 10.6 Å². The van der Waals surface area contributed by atoms with Gasteiger partial charge in [0.05, 0.1) is 0 Å². The highest BCUT2D eigenvalue weighted by Crippen LogP contribution is 2.17. The molecule has 3 amide bonds. The number of carbonyl (C=O) groups is 2. The quantitative estimate of drug-likeness (QED) is 0.447. The molecule has 0 aliphatic carbocycles. The number of nitrogens with two attached hydrogens (primary N) is 1. The third-order valence-electron chi connectivity index (χ3n) is 2.56. The first-order chi connectivity index (χ1) is 8.03. The number of carbonyl (C=O) groups excluding carboxylic acids is 2. The van der Waals surface area contributed by atoms with Gasteiger partial charge in [-0.05, 0) is 19.1 Å². The van der Waals surface area contributed by atoms with Gasteiger partial charge in [-0.2, -0.15) is 5.01 Å². The van der Waals surface area contributed by atoms with Crippen LogP contribution in [-0.2, 0) is 4.79 Å². The molecule has 1 aliphatic rings. The van der Waals surface area contributed by atoms with Crippen LogP contribution in [0.4, 0.5) is 4.79 Å². The standard InChI is InChI=1S/C11H13N3O3/c1-11(9(15)14(12)10(16)13-11)7-17-8-5-3-2-4-6-8/h2-6H,7,12H2,1H3,(H,13,16). The predicted octanol–water partition coefficient (Wildman–Crippen LogP) is 0.250. The van der Waals surface area contributed by atoms with Gasteiger partial charge in [-0.15, -0.1) is 0 Å². The number of ether oxygens (including phenoxy) is 1. The van der Waals surface area contributed by atoms with Gasteiger partial charge < -0.3 is 10.1 Å². The van der Waals surface area contributed by atoms with E-state index in [2.05, 4.69) is 5.32 Å². The molecule has 3 N–H and O–H groups in total. The number of hydrogen-bond acceptors (Lipinski definition) is 4. The molecule has 2 rings (SSSR count). The van der Waals surface area contributed by atoms with Crippen LogP contribution in [0.3, 0.4) is 0 Å². The molecule has 0 bridgehead atoms. The summed E-state index contributed by atoms with van der Waals surface area (Å²) in [6.07, 6.45) is 0. The van der Waals surface area contributed by atoms with Gasteiger partial charge in [0.1, 0.15) is 12.4 Å². The summed E-state index contributed by atoms with van der Waals surface area (Å²) in [4.78, 5) is 22.9. The van der Waals surface area contributed by atoms with Crippen molar-refractivity contribution in [2.75, 3.05) is 6.61 Å². The minimum Gasteiger partial charge on any atom is -0.491 e. The van der Waals surface area contributed by atoms with Crippen molar-refractivity contribution in [2.24, 2.45) is 5.84 Å². The van der Waals surface area contributed by atoms with Gasteiger partial charge in [-0.3, -0.25) is 4.79 Å². The SMILES string of the molecule is CC1(COc2ccccc2)NC(=O)N(N)C1=O. The third-order valence-corrected chi connectivity index (χ3v) is 2.56. The Morgan fingerprint density at radius 3 is 2.53 bits per heavy atom. The van der Waals surface area contributed by atoms with E-state index in [4.69, 9.17) is 10.6 Å². The van der Waals surface area contributed by atoms with Gasteiger partial charge in [0.15, 0.2) is 5.54 Å². The summed E-state index contributed by atoms with van der Waals surface area (Å²) < 4.78 is 5.44. The number of hydrazine groups is 1. The van der Waals surface area contributed by atoms with Crippen LogP contribution in [0.1, 0.15) is 6.92 Å². The summed E-state index contributed by atoms with van der Waals surface area (Å²) in [6.45, 7) is 1.61. The minimum atomic E-state index is -1.11. The van der Waals surface area contributed by atoms with E-state index in [1.54, 1.807) is 19.1 Å². The summed E-state index contributed by atoms with van der Waals surface area (Å²) in [6, 6.07) is 8.42. The molecule has 1 saturated heterocycles. The monoisotopic (exact) mass is 235 g/mol. The molecule has 90 valence electrons. The van der Waals surface area contributed by atoms with Crippen molar-refractivity contribution in [2.45, 2.75) is 12.5 Å². The molecule has 1 atom stereocenters. The first-order valence-corrected chi connectivity index (χ1v) is 5.12. The zero-order valence-electron chi connectivity index (χ0n) is 9.34. The molecular formula is C11H13N3O3. The van der Waals surface area contributed by atoms with Crippen molar-refractivity contribution in [3.8, 4) is 5.75 Å². The Kier molecular flexibility index (Phi) is 2.72. The third kappa shape index (κ3) is 2.07. The highest BCUT2D eigenvalue weighted by atomic mass is 16.5. The van der Waals surface area contributed by atoms with E-state index in [1.807, 2.05) is 18.2 Å². The Morgan fingerprint density at radius 2 is 2.00 bits per heavy atom. The molecule has 1 unspecified atom stereocenters. The molecule has 1 aromatic rings. The topological polar surface area (TPSA) is 84.7 Å². The number of nitrogens with zero attached hydrogens (tertiary/aromatic N) is 1. The zero-order valence-corrected chi connectivity index (χ0v) is 9.34. The molecule has 0 spiro atoms. The smallest absolute Gasteiger partial charge is 0.339 e. The Bertz CT molecular complexity index is 449. The van der Waals surface area contributed by atoms with Crippen LogP contribution in [-0.4, -0.2) is 29.1 Å². The molecule has 0 saturated carbocycles. The van der Waals surface area contributed by atoms with Gasteiger partial charge in [0, 0.05) is 0 Å². The number of rotatable bonds is 3. The number of amides is 3. The summed E-state index contributed by atoms with van der Waals surface area (Å²) >= 11 is 0. The van der Waals surface area contributed by atoms with E-state index in [9.17, 15) is 9.59 Å². The molecule has 0 aromatic heterocycles. The van der Waals surface area contributed by atoms with Crippen LogP contribution in [0.2, 0.25) is 0 Å². The van der Waals surface area contributed by atoms with Crippen LogP contribution in [0.15, 0.2) is 30.3 Å². The minimum absolute atomic E-state index is 0.0370. The van der Waals surface area contributed by atoms with Crippen molar-refractivity contribution < 1.29 is 14.3 Å². The summed E-state index contributed by atoms with van der Waals surface area (Å²) in [7, 11) is 0. The average molecular weight is 235 g/mol. The van der Waals surface area contributed by atoms with E-state index in [0.29, 0.717) is 10.8 Å². The molecule has 6 nitrogen and oxygen atoms in total. The first-order valence-electron chi connectivity index (χ1n) is 5.12. The maximum atomic E-state index is 11.7. The molecule has 1 aliphatic heterocycles. The molecular weight excluding hydrogens is 222 g/mol. The van der Waals surface area contributed by atoms with Crippen LogP contribution in [0.25, 0.3) is 0 Å². The van der Waals surface area contributed by atoms with Gasteiger partial charge >= 0.3 is 6.03 Å². The van der Waals surface area contributed by atoms with Gasteiger partial charge in [0.25, 0.3) is 5.91 Å². The lowest BCUT2D eigenvalue weighted by Gasteiger charge is -2.21. The normalized spacial score (nSPS) is 23.8. The van der Waals surface area contributed by atoms with E-state index in [0.717, 1.165) is 0 Å². The van der Waals surface area contributed by atoms with E-state index >= 15 is 0 Å². The summed E-state index contributed by atoms with van der Waals surface area (Å²) in [5.74, 6) is 5.41. The molecule has 17 heavy (non-hydrogen) atoms. The first kappa shape index (κ1) is 11.4. The Hall–Kier alpha value is -2.08. The molecule has 1 heterocycles. The average Bonchev–Trinajstić information content (AvgIpc) is 2.53. The highest BCUT2D eigenvalue weighted by Gasteiger charge is 2.47. The second kappa shape index (κ2) is 4.06. The number of nitrogens with one attached hydrogen (secondary N) is 1. The Balaban J connectivity index is 2.04. The summed E-state index contributed by atoms with van der Waals surface area (Å²) in [5, 5.41) is 3.05. The lowest BCUT2D eigenvalue weighted by Crippen LogP contribution is -2.49. The number of imide groups is 1. The summed E-state index contributed by atoms with van der Waals surface area (Å²) in [5.41, 5.74) is -1.11. The van der Waals surface area contributed by atoms with Crippen molar-refractivity contribution >= 4 is 11.9 Å². The van der Waals surface area contributed by atoms with E-state index in [1.165, 1.54) is 0 Å². The number of urea groups is 1. The lowest BCUT2D eigenvalue weighted by atomic mass is 10.1. The van der Waals surface area contributed by atoms with Crippen LogP contribution in [0, 0.1) is 0 Å². The Labute approximate surface area is 98.3 Å². The van der Waals surface area contributed by atoms with Gasteiger partial charge in [0.2, 0.25) is 0 Å². The molecule has 1 fully saturated rings. The highest BCUT2D eigenvalue weighted by molar-refractivity contribution is 6.06. The van der Waals surface area contributed by atoms with E-state index in [-0.39, 0.29) is 6.61 Å². The number of benzene rings is 1. The largest absolute Gasteiger partial charge is 0.491 e. The van der Waals surface area contributed by atoms with Crippen LogP contribution < -0.4 is 15.9 Å². The van der Waals surface area contributed by atoms with Crippen LogP contribution in [0.5, 0.6) is 5.75 Å². The van der Waals surface area contributed by atoms with Crippen LogP contribution >= 0.6 is 0 Å². The fraction of sp³-hybridized carbons (Fsp3) is 0.273. The maximum Gasteiger partial charge on any atom is 0.339 e. The van der Waals surface area contributed by atoms with E-state index < -0.39 is 17.5 Å². The van der Waals surface area contributed by atoms with Gasteiger partial charge in [-0.1, -0.05) is 18.2 Å². The second-order valence-electron chi connectivity index (χ2n) is 4.04. The fourth-order valence-electron chi connectivity index (χ4n) is 1.55. The molecule has 0 radical (unpaired) electrons. The van der Waals surface area contributed by atoms with Crippen molar-refractivity contribution in [3.05, 3.63) is 30.3 Å². The second-order valence-corrected chi connectivity index (χ2v) is 4.04. The number of para-hydroxylation sites is 1. The van der Waals surface area contributed by atoms with Crippen molar-refractivity contribution in [1.29, 1.82) is 0 Å².